The summed E-state index contributed by atoms with van der Waals surface area (Å²) >= 11 is 3.51. The Morgan fingerprint density at radius 2 is 1.62 bits per heavy atom. The van der Waals surface area contributed by atoms with Gasteiger partial charge in [0.25, 0.3) is 5.91 Å². The summed E-state index contributed by atoms with van der Waals surface area (Å²) in [5.74, 6) is 0.534. The molecule has 1 N–H and O–H groups in total. The van der Waals surface area contributed by atoms with Gasteiger partial charge in [-0.05, 0) is 85.4 Å². The third-order valence-corrected chi connectivity index (χ3v) is 8.86. The standard InChI is InChI=1S/C26H23BrN2O3/c1-12-13(2)21(9-8-20(12)27)28-24(30)14-4-3-5-15(10-14)29-25(31)22-16-6-7-17(19-11-18(16)19)23(22)26(29)32/h3-10,16-19,22-23H,11H2,1-2H3,(H,28,30)/t16-,17-,18-,19-,22-,23+/m1/s1. The van der Waals surface area contributed by atoms with E-state index in [0.717, 1.165) is 27.7 Å². The fraction of sp³-hybridized carbons (Fsp3) is 0.346. The molecule has 0 unspecified atom stereocenters. The molecule has 3 amide bonds. The Bertz CT molecular complexity index is 1200. The first-order valence-electron chi connectivity index (χ1n) is 11.1. The summed E-state index contributed by atoms with van der Waals surface area (Å²) in [7, 11) is 0. The zero-order chi connectivity index (χ0) is 22.3. The van der Waals surface area contributed by atoms with Crippen molar-refractivity contribution in [3.8, 4) is 0 Å². The molecule has 2 bridgehead atoms. The smallest absolute Gasteiger partial charge is 0.255 e. The van der Waals surface area contributed by atoms with Crippen molar-refractivity contribution in [3.05, 3.63) is 69.7 Å². The second kappa shape index (κ2) is 6.88. The molecule has 0 radical (unpaired) electrons. The van der Waals surface area contributed by atoms with Gasteiger partial charge in [0.1, 0.15) is 0 Å². The van der Waals surface area contributed by atoms with E-state index in [2.05, 4.69) is 33.4 Å². The number of allylic oxidation sites excluding steroid dienone is 2. The molecule has 1 aliphatic heterocycles. The molecule has 7 rings (SSSR count). The Hall–Kier alpha value is -2.73. The van der Waals surface area contributed by atoms with Crippen LogP contribution in [0.25, 0.3) is 0 Å². The number of hydrogen-bond acceptors (Lipinski definition) is 3. The third-order valence-electron chi connectivity index (χ3n) is 8.00. The zero-order valence-electron chi connectivity index (χ0n) is 17.8. The predicted molar refractivity (Wildman–Crippen MR) is 125 cm³/mol. The Balaban J connectivity index is 1.28. The van der Waals surface area contributed by atoms with Crippen LogP contribution in [0.5, 0.6) is 0 Å². The molecule has 2 aromatic carbocycles. The Morgan fingerprint density at radius 3 is 2.28 bits per heavy atom. The number of anilines is 2. The van der Waals surface area contributed by atoms with Crippen LogP contribution in [0.2, 0.25) is 0 Å². The Labute approximate surface area is 195 Å². The molecule has 162 valence electrons. The summed E-state index contributed by atoms with van der Waals surface area (Å²) in [6.07, 6.45) is 5.47. The Morgan fingerprint density at radius 1 is 0.969 bits per heavy atom. The zero-order valence-corrected chi connectivity index (χ0v) is 19.4. The monoisotopic (exact) mass is 490 g/mol. The average molecular weight is 491 g/mol. The number of carbonyl (C=O) groups is 3. The van der Waals surface area contributed by atoms with Crippen LogP contribution in [0.4, 0.5) is 11.4 Å². The van der Waals surface area contributed by atoms with E-state index in [9.17, 15) is 14.4 Å². The van der Waals surface area contributed by atoms with Gasteiger partial charge in [-0.25, -0.2) is 4.90 Å². The summed E-state index contributed by atoms with van der Waals surface area (Å²) < 4.78 is 0.989. The van der Waals surface area contributed by atoms with Crippen LogP contribution in [-0.2, 0) is 9.59 Å². The molecular formula is C26H23BrN2O3. The number of carbonyl (C=O) groups excluding carboxylic acids is 3. The minimum Gasteiger partial charge on any atom is -0.322 e. The number of hydrogen-bond donors (Lipinski definition) is 1. The van der Waals surface area contributed by atoms with Crippen molar-refractivity contribution in [2.75, 3.05) is 10.2 Å². The van der Waals surface area contributed by atoms with Crippen molar-refractivity contribution in [2.45, 2.75) is 20.3 Å². The molecule has 1 heterocycles. The summed E-state index contributed by atoms with van der Waals surface area (Å²) in [5.41, 5.74) is 3.69. The lowest BCUT2D eigenvalue weighted by Gasteiger charge is -2.37. The predicted octanol–water partition coefficient (Wildman–Crippen LogP) is 4.88. The van der Waals surface area contributed by atoms with Crippen LogP contribution in [-0.4, -0.2) is 17.7 Å². The summed E-state index contributed by atoms with van der Waals surface area (Å²) in [6, 6.07) is 10.6. The highest BCUT2D eigenvalue weighted by Gasteiger charge is 2.67. The van der Waals surface area contributed by atoms with Gasteiger partial charge >= 0.3 is 0 Å². The lowest BCUT2D eigenvalue weighted by Crippen LogP contribution is -2.40. The van der Waals surface area contributed by atoms with Crippen molar-refractivity contribution in [3.63, 3.8) is 0 Å². The fourth-order valence-corrected chi connectivity index (χ4v) is 6.54. The van der Waals surface area contributed by atoms with Gasteiger partial charge in [-0.3, -0.25) is 14.4 Å². The minimum atomic E-state index is -0.267. The molecule has 6 atom stereocenters. The normalized spacial score (nSPS) is 31.5. The number of nitrogens with zero attached hydrogens (tertiary/aromatic N) is 1. The molecule has 1 saturated heterocycles. The molecule has 5 nitrogen and oxygen atoms in total. The topological polar surface area (TPSA) is 66.5 Å². The van der Waals surface area contributed by atoms with Crippen LogP contribution in [0, 0.1) is 49.4 Å². The number of amides is 3. The van der Waals surface area contributed by atoms with Crippen molar-refractivity contribution in [1.82, 2.24) is 0 Å². The van der Waals surface area contributed by atoms with E-state index in [1.807, 2.05) is 26.0 Å². The average Bonchev–Trinajstić information content (AvgIpc) is 3.57. The number of nitrogens with one attached hydrogen (secondary N) is 1. The molecule has 6 heteroatoms. The number of benzene rings is 2. The van der Waals surface area contributed by atoms with Crippen LogP contribution in [0.3, 0.4) is 0 Å². The highest BCUT2D eigenvalue weighted by atomic mass is 79.9. The number of imide groups is 1. The molecule has 32 heavy (non-hydrogen) atoms. The maximum absolute atomic E-state index is 13.4. The maximum atomic E-state index is 13.4. The first-order valence-corrected chi connectivity index (χ1v) is 11.9. The van der Waals surface area contributed by atoms with Crippen molar-refractivity contribution >= 4 is 45.0 Å². The second-order valence-electron chi connectivity index (χ2n) is 9.52. The van der Waals surface area contributed by atoms with Gasteiger partial charge in [0.2, 0.25) is 11.8 Å². The maximum Gasteiger partial charge on any atom is 0.255 e. The van der Waals surface area contributed by atoms with Gasteiger partial charge in [-0.1, -0.05) is 34.1 Å². The lowest BCUT2D eigenvalue weighted by molar-refractivity contribution is -0.124. The van der Waals surface area contributed by atoms with Crippen LogP contribution in [0.15, 0.2) is 53.0 Å². The summed E-state index contributed by atoms with van der Waals surface area (Å²) in [6.45, 7) is 3.95. The Kier molecular flexibility index (Phi) is 4.28. The van der Waals surface area contributed by atoms with E-state index < -0.39 is 0 Å². The van der Waals surface area contributed by atoms with E-state index in [1.165, 1.54) is 4.90 Å². The third kappa shape index (κ3) is 2.71. The van der Waals surface area contributed by atoms with Gasteiger partial charge in [0.05, 0.1) is 17.5 Å². The van der Waals surface area contributed by atoms with E-state index in [0.29, 0.717) is 23.1 Å². The number of halogens is 1. The molecule has 4 aliphatic carbocycles. The van der Waals surface area contributed by atoms with Gasteiger partial charge < -0.3 is 5.32 Å². The van der Waals surface area contributed by atoms with E-state index >= 15 is 0 Å². The fourth-order valence-electron chi connectivity index (χ4n) is 6.12. The molecule has 0 aromatic heterocycles. The quantitative estimate of drug-likeness (QED) is 0.492. The van der Waals surface area contributed by atoms with Crippen LogP contribution in [0.1, 0.15) is 27.9 Å². The molecule has 0 spiro atoms. The first kappa shape index (κ1) is 19.9. The lowest BCUT2D eigenvalue weighted by atomic mass is 9.63. The summed E-state index contributed by atoms with van der Waals surface area (Å²) in [5, 5.41) is 2.96. The van der Waals surface area contributed by atoms with Gasteiger partial charge in [-0.15, -0.1) is 0 Å². The first-order chi connectivity index (χ1) is 15.4. The van der Waals surface area contributed by atoms with Crippen molar-refractivity contribution < 1.29 is 14.4 Å². The van der Waals surface area contributed by atoms with E-state index in [4.69, 9.17) is 0 Å². The molecular weight excluding hydrogens is 468 g/mol. The highest BCUT2D eigenvalue weighted by molar-refractivity contribution is 9.10. The molecule has 2 aromatic rings. The van der Waals surface area contributed by atoms with Gasteiger partial charge in [0.15, 0.2) is 0 Å². The molecule has 3 fully saturated rings. The van der Waals surface area contributed by atoms with Crippen LogP contribution >= 0.6 is 15.9 Å². The van der Waals surface area contributed by atoms with E-state index in [-0.39, 0.29) is 41.4 Å². The molecule has 2 saturated carbocycles. The number of rotatable bonds is 3. The largest absolute Gasteiger partial charge is 0.322 e. The van der Waals surface area contributed by atoms with E-state index in [1.54, 1.807) is 24.3 Å². The van der Waals surface area contributed by atoms with Crippen molar-refractivity contribution in [2.24, 2.45) is 35.5 Å². The van der Waals surface area contributed by atoms with Crippen molar-refractivity contribution in [1.29, 1.82) is 0 Å². The van der Waals surface area contributed by atoms with Gasteiger partial charge in [-0.2, -0.15) is 0 Å². The van der Waals surface area contributed by atoms with Gasteiger partial charge in [0, 0.05) is 15.7 Å². The SMILES string of the molecule is Cc1c(Br)ccc(NC(=O)c2cccc(N3C(=O)[C@@H]4[C@@H]5C=C[C@H]([C@H]6C[C@H]56)[C@@H]4C3=O)c2)c1C. The van der Waals surface area contributed by atoms with Crippen LogP contribution < -0.4 is 10.2 Å². The summed E-state index contributed by atoms with van der Waals surface area (Å²) in [4.78, 5) is 41.0. The minimum absolute atomic E-state index is 0.110. The second-order valence-corrected chi connectivity index (χ2v) is 10.4. The highest BCUT2D eigenvalue weighted by Crippen LogP contribution is 2.65. The molecule has 5 aliphatic rings.